The largest absolute Gasteiger partial charge is 0.497 e. The fraction of sp³-hybridized carbons (Fsp3) is 0.450. The van der Waals surface area contributed by atoms with E-state index in [-0.39, 0.29) is 5.91 Å². The highest BCUT2D eigenvalue weighted by atomic mass is 16.5. The minimum Gasteiger partial charge on any atom is -0.497 e. The van der Waals surface area contributed by atoms with E-state index in [1.807, 2.05) is 30.3 Å². The minimum absolute atomic E-state index is 0.0460. The maximum absolute atomic E-state index is 12.7. The Kier molecular flexibility index (Phi) is 4.93. The zero-order valence-corrected chi connectivity index (χ0v) is 14.8. The van der Waals surface area contributed by atoms with E-state index >= 15 is 0 Å². The fourth-order valence-corrected chi connectivity index (χ4v) is 3.78. The molecule has 1 aromatic heterocycles. The molecule has 0 radical (unpaired) electrons. The van der Waals surface area contributed by atoms with Gasteiger partial charge in [0, 0.05) is 23.1 Å². The van der Waals surface area contributed by atoms with Gasteiger partial charge in [-0.15, -0.1) is 0 Å². The number of benzene rings is 1. The molecule has 1 fully saturated rings. The normalized spacial score (nSPS) is 15.3. The summed E-state index contributed by atoms with van der Waals surface area (Å²) >= 11 is 0. The number of carbonyl (C=O) groups is 1. The summed E-state index contributed by atoms with van der Waals surface area (Å²) in [7, 11) is 1.63. The summed E-state index contributed by atoms with van der Waals surface area (Å²) in [4.78, 5) is 12.7. The Morgan fingerprint density at radius 1 is 1.12 bits per heavy atom. The molecule has 1 aliphatic rings. The second-order valence-electron chi connectivity index (χ2n) is 6.63. The van der Waals surface area contributed by atoms with E-state index in [0.717, 1.165) is 22.7 Å². The van der Waals surface area contributed by atoms with E-state index in [0.29, 0.717) is 6.04 Å². The molecular weight excluding hydrogens is 300 g/mol. The van der Waals surface area contributed by atoms with Crippen molar-refractivity contribution in [2.75, 3.05) is 12.4 Å². The molecule has 4 heteroatoms. The van der Waals surface area contributed by atoms with Gasteiger partial charge in [0.2, 0.25) is 0 Å². The van der Waals surface area contributed by atoms with E-state index in [1.54, 1.807) is 7.11 Å². The zero-order chi connectivity index (χ0) is 17.1. The van der Waals surface area contributed by atoms with Crippen LogP contribution < -0.4 is 10.1 Å². The van der Waals surface area contributed by atoms with Gasteiger partial charge in [0.05, 0.1) is 12.7 Å². The monoisotopic (exact) mass is 326 g/mol. The van der Waals surface area contributed by atoms with Crippen LogP contribution in [0, 0.1) is 13.8 Å². The Morgan fingerprint density at radius 2 is 1.79 bits per heavy atom. The number of amides is 1. The third-order valence-electron chi connectivity index (χ3n) is 5.02. The molecule has 1 aromatic carbocycles. The Morgan fingerprint density at radius 3 is 2.42 bits per heavy atom. The summed E-state index contributed by atoms with van der Waals surface area (Å²) in [6.07, 6.45) is 6.34. The first-order valence-corrected chi connectivity index (χ1v) is 8.74. The van der Waals surface area contributed by atoms with Crippen LogP contribution in [0.25, 0.3) is 0 Å². The number of rotatable bonds is 4. The Labute approximate surface area is 143 Å². The third kappa shape index (κ3) is 3.32. The Bertz CT molecular complexity index is 710. The molecule has 0 atom stereocenters. The second kappa shape index (κ2) is 7.12. The molecule has 1 saturated carbocycles. The number of aromatic nitrogens is 1. The van der Waals surface area contributed by atoms with Crippen molar-refractivity contribution in [2.45, 2.75) is 52.0 Å². The SMILES string of the molecule is COc1ccc(NC(=O)c2cc(C)n(C3CCCCC3)c2C)cc1. The molecule has 1 aliphatic carbocycles. The number of methoxy groups -OCH3 is 1. The number of carbonyl (C=O) groups excluding carboxylic acids is 1. The summed E-state index contributed by atoms with van der Waals surface area (Å²) in [6.45, 7) is 4.16. The lowest BCUT2D eigenvalue weighted by Crippen LogP contribution is -2.17. The Hall–Kier alpha value is -2.23. The number of hydrogen-bond acceptors (Lipinski definition) is 2. The van der Waals surface area contributed by atoms with Gasteiger partial charge in [-0.3, -0.25) is 4.79 Å². The topological polar surface area (TPSA) is 43.3 Å². The number of hydrogen-bond donors (Lipinski definition) is 1. The summed E-state index contributed by atoms with van der Waals surface area (Å²) in [5, 5.41) is 2.99. The van der Waals surface area contributed by atoms with Gasteiger partial charge in [-0.2, -0.15) is 0 Å². The molecule has 0 saturated heterocycles. The van der Waals surface area contributed by atoms with Crippen molar-refractivity contribution in [3.8, 4) is 5.75 Å². The van der Waals surface area contributed by atoms with E-state index < -0.39 is 0 Å². The average molecular weight is 326 g/mol. The number of anilines is 1. The zero-order valence-electron chi connectivity index (χ0n) is 14.8. The predicted octanol–water partition coefficient (Wildman–Crippen LogP) is 4.87. The molecule has 0 spiro atoms. The standard InChI is InChI=1S/C20H26N2O2/c1-14-13-19(15(2)22(14)17-7-5-4-6-8-17)20(23)21-16-9-11-18(24-3)12-10-16/h9-13,17H,4-8H2,1-3H3,(H,21,23). The fourth-order valence-electron chi connectivity index (χ4n) is 3.78. The van der Waals surface area contributed by atoms with Gasteiger partial charge in [-0.05, 0) is 57.0 Å². The summed E-state index contributed by atoms with van der Waals surface area (Å²) in [5.41, 5.74) is 3.81. The van der Waals surface area contributed by atoms with Gasteiger partial charge in [0.15, 0.2) is 0 Å². The maximum atomic E-state index is 12.7. The number of aryl methyl sites for hydroxylation is 1. The molecule has 4 nitrogen and oxygen atoms in total. The minimum atomic E-state index is -0.0460. The summed E-state index contributed by atoms with van der Waals surface area (Å²) in [5.74, 6) is 0.735. The highest BCUT2D eigenvalue weighted by Crippen LogP contribution is 2.32. The van der Waals surface area contributed by atoms with Crippen LogP contribution in [0.1, 0.15) is 59.9 Å². The lowest BCUT2D eigenvalue weighted by Gasteiger charge is -2.26. The van der Waals surface area contributed by atoms with Gasteiger partial charge < -0.3 is 14.6 Å². The Balaban J connectivity index is 1.79. The van der Waals surface area contributed by atoms with E-state index in [1.165, 1.54) is 37.8 Å². The molecule has 128 valence electrons. The van der Waals surface area contributed by atoms with Crippen molar-refractivity contribution in [1.82, 2.24) is 4.57 Å². The highest BCUT2D eigenvalue weighted by molar-refractivity contribution is 6.05. The molecule has 1 heterocycles. The summed E-state index contributed by atoms with van der Waals surface area (Å²) < 4.78 is 7.51. The maximum Gasteiger partial charge on any atom is 0.257 e. The first-order chi connectivity index (χ1) is 11.6. The van der Waals surface area contributed by atoms with Crippen molar-refractivity contribution in [3.05, 3.63) is 47.3 Å². The van der Waals surface area contributed by atoms with Gasteiger partial charge in [-0.25, -0.2) is 0 Å². The highest BCUT2D eigenvalue weighted by Gasteiger charge is 2.22. The van der Waals surface area contributed by atoms with E-state index in [2.05, 4.69) is 23.7 Å². The van der Waals surface area contributed by atoms with Gasteiger partial charge >= 0.3 is 0 Å². The lowest BCUT2D eigenvalue weighted by molar-refractivity contribution is 0.102. The number of ether oxygens (including phenoxy) is 1. The lowest BCUT2D eigenvalue weighted by atomic mass is 9.95. The smallest absolute Gasteiger partial charge is 0.257 e. The third-order valence-corrected chi connectivity index (χ3v) is 5.02. The molecule has 0 aliphatic heterocycles. The van der Waals surface area contributed by atoms with Crippen LogP contribution in [-0.2, 0) is 0 Å². The molecule has 1 N–H and O–H groups in total. The first kappa shape index (κ1) is 16.6. The molecular formula is C20H26N2O2. The predicted molar refractivity (Wildman–Crippen MR) is 97.0 cm³/mol. The average Bonchev–Trinajstić information content (AvgIpc) is 2.91. The van der Waals surface area contributed by atoms with Crippen LogP contribution in [0.15, 0.2) is 30.3 Å². The van der Waals surface area contributed by atoms with Gasteiger partial charge in [-0.1, -0.05) is 19.3 Å². The summed E-state index contributed by atoms with van der Waals surface area (Å²) in [6, 6.07) is 9.97. The van der Waals surface area contributed by atoms with E-state index in [9.17, 15) is 4.79 Å². The van der Waals surface area contributed by atoms with E-state index in [4.69, 9.17) is 4.74 Å². The van der Waals surface area contributed by atoms with Gasteiger partial charge in [0.1, 0.15) is 5.75 Å². The van der Waals surface area contributed by atoms with Gasteiger partial charge in [0.25, 0.3) is 5.91 Å². The molecule has 2 aromatic rings. The molecule has 0 bridgehead atoms. The quantitative estimate of drug-likeness (QED) is 0.871. The van der Waals surface area contributed by atoms with Crippen LogP contribution in [0.3, 0.4) is 0 Å². The van der Waals surface area contributed by atoms with Crippen molar-refractivity contribution >= 4 is 11.6 Å². The second-order valence-corrected chi connectivity index (χ2v) is 6.63. The van der Waals surface area contributed by atoms with Crippen molar-refractivity contribution in [3.63, 3.8) is 0 Å². The number of nitrogens with one attached hydrogen (secondary N) is 1. The molecule has 3 rings (SSSR count). The van der Waals surface area contributed by atoms with Crippen LogP contribution in [0.2, 0.25) is 0 Å². The van der Waals surface area contributed by atoms with Crippen molar-refractivity contribution in [2.24, 2.45) is 0 Å². The van der Waals surface area contributed by atoms with Crippen molar-refractivity contribution in [1.29, 1.82) is 0 Å². The van der Waals surface area contributed by atoms with Crippen LogP contribution in [-0.4, -0.2) is 17.6 Å². The van der Waals surface area contributed by atoms with Crippen LogP contribution in [0.4, 0.5) is 5.69 Å². The molecule has 24 heavy (non-hydrogen) atoms. The number of nitrogens with zero attached hydrogens (tertiary/aromatic N) is 1. The van der Waals surface area contributed by atoms with Crippen molar-refractivity contribution < 1.29 is 9.53 Å². The van der Waals surface area contributed by atoms with Crippen LogP contribution >= 0.6 is 0 Å². The first-order valence-electron chi connectivity index (χ1n) is 8.74. The molecule has 0 unspecified atom stereocenters. The van der Waals surface area contributed by atoms with Crippen LogP contribution in [0.5, 0.6) is 5.75 Å². The molecule has 1 amide bonds.